The molecule has 7 nitrogen and oxygen atoms in total. The van der Waals surface area contributed by atoms with E-state index in [0.29, 0.717) is 6.54 Å². The first-order valence-corrected chi connectivity index (χ1v) is 11.9. The van der Waals surface area contributed by atoms with Crippen molar-refractivity contribution >= 4 is 28.2 Å². The van der Waals surface area contributed by atoms with Gasteiger partial charge in [0.25, 0.3) is 5.56 Å². The minimum absolute atomic E-state index is 0.0413. The van der Waals surface area contributed by atoms with Gasteiger partial charge in [-0.2, -0.15) is 0 Å². The Morgan fingerprint density at radius 3 is 2.75 bits per heavy atom. The molecule has 0 radical (unpaired) electrons. The standard InChI is InChI=1S/C24H37N5O2S/c1-19-7-4-8-20-17-21(23(30)26-22(19)20)18-29(24(32)25-9-5-10-27(2)3)12-6-11-28-13-15-31-16-14-28/h4,7-8,17H,5-6,9-16,18H2,1-3H3,(H,25,32)(H,26,30). The molecule has 0 spiro atoms. The van der Waals surface area contributed by atoms with E-state index in [4.69, 9.17) is 17.0 Å². The number of hydrogen-bond acceptors (Lipinski definition) is 5. The molecule has 0 unspecified atom stereocenters. The second kappa shape index (κ2) is 12.3. The Balaban J connectivity index is 1.67. The van der Waals surface area contributed by atoms with E-state index in [-0.39, 0.29) is 5.56 Å². The monoisotopic (exact) mass is 459 g/mol. The number of fused-ring (bicyclic) bond motifs is 1. The lowest BCUT2D eigenvalue weighted by Gasteiger charge is -2.29. The van der Waals surface area contributed by atoms with Crippen LogP contribution in [0.4, 0.5) is 0 Å². The van der Waals surface area contributed by atoms with Crippen molar-refractivity contribution in [2.24, 2.45) is 0 Å². The summed E-state index contributed by atoms with van der Waals surface area (Å²) >= 11 is 5.74. The van der Waals surface area contributed by atoms with Crippen LogP contribution in [0.15, 0.2) is 29.1 Å². The quantitative estimate of drug-likeness (QED) is 0.417. The Morgan fingerprint density at radius 1 is 1.22 bits per heavy atom. The number of nitrogens with one attached hydrogen (secondary N) is 2. The van der Waals surface area contributed by atoms with Gasteiger partial charge < -0.3 is 24.8 Å². The van der Waals surface area contributed by atoms with Gasteiger partial charge in [-0.3, -0.25) is 9.69 Å². The van der Waals surface area contributed by atoms with Crippen LogP contribution in [-0.4, -0.2) is 91.4 Å². The second-order valence-corrected chi connectivity index (χ2v) is 9.17. The van der Waals surface area contributed by atoms with E-state index in [9.17, 15) is 4.79 Å². The molecule has 0 atom stereocenters. The summed E-state index contributed by atoms with van der Waals surface area (Å²) in [7, 11) is 4.15. The van der Waals surface area contributed by atoms with Crippen molar-refractivity contribution in [3.63, 3.8) is 0 Å². The number of H-pyrrole nitrogens is 1. The van der Waals surface area contributed by atoms with Gasteiger partial charge in [0, 0.05) is 38.3 Å². The van der Waals surface area contributed by atoms with Gasteiger partial charge in [-0.25, -0.2) is 0 Å². The summed E-state index contributed by atoms with van der Waals surface area (Å²) in [6, 6.07) is 8.09. The van der Waals surface area contributed by atoms with Crippen molar-refractivity contribution < 1.29 is 4.74 Å². The molecule has 0 saturated carbocycles. The van der Waals surface area contributed by atoms with Crippen LogP contribution >= 0.6 is 12.2 Å². The Labute approximate surface area is 196 Å². The zero-order valence-electron chi connectivity index (χ0n) is 19.7. The number of nitrogens with zero attached hydrogens (tertiary/aromatic N) is 3. The zero-order chi connectivity index (χ0) is 22.9. The molecule has 2 heterocycles. The Kier molecular flexibility index (Phi) is 9.47. The molecule has 0 amide bonds. The topological polar surface area (TPSA) is 63.8 Å². The highest BCUT2D eigenvalue weighted by Gasteiger charge is 2.15. The van der Waals surface area contributed by atoms with Crippen molar-refractivity contribution in [1.82, 2.24) is 25.0 Å². The fraction of sp³-hybridized carbons (Fsp3) is 0.583. The van der Waals surface area contributed by atoms with Crippen molar-refractivity contribution in [3.8, 4) is 0 Å². The van der Waals surface area contributed by atoms with Gasteiger partial charge in [0.15, 0.2) is 5.11 Å². The summed E-state index contributed by atoms with van der Waals surface area (Å²) in [6.45, 7) is 9.75. The number of rotatable bonds is 10. The maximum Gasteiger partial charge on any atom is 0.253 e. The first-order chi connectivity index (χ1) is 15.4. The third kappa shape index (κ3) is 7.27. The molecule has 3 rings (SSSR count). The zero-order valence-corrected chi connectivity index (χ0v) is 20.5. The van der Waals surface area contributed by atoms with Crippen LogP contribution in [0.3, 0.4) is 0 Å². The molecule has 176 valence electrons. The van der Waals surface area contributed by atoms with Crippen molar-refractivity contribution in [2.45, 2.75) is 26.3 Å². The van der Waals surface area contributed by atoms with Crippen LogP contribution in [0.5, 0.6) is 0 Å². The molecule has 1 fully saturated rings. The summed E-state index contributed by atoms with van der Waals surface area (Å²) in [4.78, 5) is 22.6. The molecule has 0 aliphatic carbocycles. The predicted octanol–water partition coefficient (Wildman–Crippen LogP) is 2.19. The van der Waals surface area contributed by atoms with E-state index >= 15 is 0 Å². The van der Waals surface area contributed by atoms with E-state index in [1.54, 1.807) is 0 Å². The number of aromatic nitrogens is 1. The molecule has 2 N–H and O–H groups in total. The van der Waals surface area contributed by atoms with Crippen LogP contribution in [0, 0.1) is 6.92 Å². The van der Waals surface area contributed by atoms with Gasteiger partial charge in [0.1, 0.15) is 0 Å². The van der Waals surface area contributed by atoms with E-state index in [0.717, 1.165) is 92.5 Å². The first kappa shape index (κ1) is 24.6. The highest BCUT2D eigenvalue weighted by Crippen LogP contribution is 2.16. The molecule has 8 heteroatoms. The van der Waals surface area contributed by atoms with E-state index in [1.165, 1.54) is 0 Å². The summed E-state index contributed by atoms with van der Waals surface area (Å²) < 4.78 is 5.45. The lowest BCUT2D eigenvalue weighted by Crippen LogP contribution is -2.43. The van der Waals surface area contributed by atoms with E-state index < -0.39 is 0 Å². The third-order valence-electron chi connectivity index (χ3n) is 5.88. The number of hydrogen-bond donors (Lipinski definition) is 2. The highest BCUT2D eigenvalue weighted by atomic mass is 32.1. The van der Waals surface area contributed by atoms with Crippen molar-refractivity contribution in [1.29, 1.82) is 0 Å². The average molecular weight is 460 g/mol. The molecule has 1 aromatic heterocycles. The van der Waals surface area contributed by atoms with Crippen LogP contribution in [0.25, 0.3) is 10.9 Å². The van der Waals surface area contributed by atoms with Gasteiger partial charge >= 0.3 is 0 Å². The number of pyridine rings is 1. The number of ether oxygens (including phenoxy) is 1. The normalized spacial score (nSPS) is 14.8. The van der Waals surface area contributed by atoms with Crippen LogP contribution in [-0.2, 0) is 11.3 Å². The largest absolute Gasteiger partial charge is 0.379 e. The Hall–Kier alpha value is -2.00. The SMILES string of the molecule is Cc1cccc2cc(CN(CCCN3CCOCC3)C(=S)NCCCN(C)C)c(=O)[nH]c12. The van der Waals surface area contributed by atoms with Crippen molar-refractivity contribution in [3.05, 3.63) is 45.7 Å². The van der Waals surface area contributed by atoms with Gasteiger partial charge in [-0.15, -0.1) is 0 Å². The smallest absolute Gasteiger partial charge is 0.253 e. The van der Waals surface area contributed by atoms with Crippen molar-refractivity contribution in [2.75, 3.05) is 66.6 Å². The second-order valence-electron chi connectivity index (χ2n) is 8.78. The minimum Gasteiger partial charge on any atom is -0.379 e. The molecule has 32 heavy (non-hydrogen) atoms. The fourth-order valence-corrected chi connectivity index (χ4v) is 4.27. The summed E-state index contributed by atoms with van der Waals surface area (Å²) in [5.41, 5.74) is 2.68. The maximum atomic E-state index is 12.8. The molecular weight excluding hydrogens is 422 g/mol. The molecular formula is C24H37N5O2S. The first-order valence-electron chi connectivity index (χ1n) is 11.5. The third-order valence-corrected chi connectivity index (χ3v) is 6.28. The summed E-state index contributed by atoms with van der Waals surface area (Å²) in [5, 5.41) is 5.17. The van der Waals surface area contributed by atoms with Gasteiger partial charge in [-0.05, 0) is 69.6 Å². The molecule has 1 aromatic carbocycles. The van der Waals surface area contributed by atoms with E-state index in [1.807, 2.05) is 31.2 Å². The fourth-order valence-electron chi connectivity index (χ4n) is 4.02. The lowest BCUT2D eigenvalue weighted by molar-refractivity contribution is 0.0367. The van der Waals surface area contributed by atoms with Gasteiger partial charge in [-0.1, -0.05) is 18.2 Å². The Bertz CT molecular complexity index is 940. The molecule has 0 bridgehead atoms. The molecule has 1 aliphatic heterocycles. The lowest BCUT2D eigenvalue weighted by atomic mass is 10.1. The molecule has 1 aliphatic rings. The summed E-state index contributed by atoms with van der Waals surface area (Å²) in [6.07, 6.45) is 2.01. The summed E-state index contributed by atoms with van der Waals surface area (Å²) in [5.74, 6) is 0. The maximum absolute atomic E-state index is 12.8. The van der Waals surface area contributed by atoms with Crippen LogP contribution in [0.2, 0.25) is 0 Å². The number of morpholine rings is 1. The average Bonchev–Trinajstić information content (AvgIpc) is 2.77. The number of para-hydroxylation sites is 1. The predicted molar refractivity (Wildman–Crippen MR) is 135 cm³/mol. The number of thiocarbonyl (C=S) groups is 1. The molecule has 2 aromatic rings. The number of benzene rings is 1. The van der Waals surface area contributed by atoms with Crippen LogP contribution < -0.4 is 10.9 Å². The van der Waals surface area contributed by atoms with Crippen LogP contribution in [0.1, 0.15) is 24.0 Å². The molecule has 1 saturated heterocycles. The Morgan fingerprint density at radius 2 is 2.00 bits per heavy atom. The number of aryl methyl sites for hydroxylation is 1. The highest BCUT2D eigenvalue weighted by molar-refractivity contribution is 7.80. The van der Waals surface area contributed by atoms with Gasteiger partial charge in [0.05, 0.1) is 25.3 Å². The van der Waals surface area contributed by atoms with Gasteiger partial charge in [0.2, 0.25) is 0 Å². The number of aromatic amines is 1. The van der Waals surface area contributed by atoms with E-state index in [2.05, 4.69) is 39.1 Å². The minimum atomic E-state index is -0.0413.